The third-order valence-corrected chi connectivity index (χ3v) is 5.57. The van der Waals surface area contributed by atoms with Gasteiger partial charge < -0.3 is 19.9 Å². The molecule has 3 aliphatic rings. The molecule has 1 aromatic carbocycles. The molecule has 4 rings (SSSR count). The largest absolute Gasteiger partial charge is 0.493 e. The number of nitrogens with one attached hydrogen (secondary N) is 1. The van der Waals surface area contributed by atoms with Crippen molar-refractivity contribution in [3.05, 3.63) is 34.9 Å². The van der Waals surface area contributed by atoms with E-state index in [1.54, 1.807) is 7.11 Å². The number of ether oxygens (including phenoxy) is 2. The standard InChI is InChI=1S/C19H25NO3/c1-3-4-12-9-15(22-2)18-17-14(12)11-20-8-7-19(17)6-5-13(21)10-16(19)23-18/h5-6,9,13,16,20-21H,3-4,7-8,10-11H2,1-2H3/t13-,16-,19-/m0/s1. The van der Waals surface area contributed by atoms with E-state index in [2.05, 4.69) is 24.4 Å². The fourth-order valence-corrected chi connectivity index (χ4v) is 4.50. The molecule has 0 radical (unpaired) electrons. The number of hydrogen-bond acceptors (Lipinski definition) is 4. The summed E-state index contributed by atoms with van der Waals surface area (Å²) < 4.78 is 12.0. The molecule has 2 heterocycles. The maximum atomic E-state index is 10.1. The number of rotatable bonds is 3. The molecule has 0 fully saturated rings. The van der Waals surface area contributed by atoms with Crippen LogP contribution in [0.25, 0.3) is 0 Å². The Balaban J connectivity index is 1.97. The summed E-state index contributed by atoms with van der Waals surface area (Å²) in [6.07, 6.45) is 7.54. The van der Waals surface area contributed by atoms with Crippen molar-refractivity contribution in [2.45, 2.75) is 56.8 Å². The van der Waals surface area contributed by atoms with E-state index >= 15 is 0 Å². The molecule has 0 aromatic heterocycles. The molecule has 1 aliphatic carbocycles. The zero-order valence-electron chi connectivity index (χ0n) is 13.9. The Morgan fingerprint density at radius 3 is 3.13 bits per heavy atom. The second kappa shape index (κ2) is 5.53. The molecule has 124 valence electrons. The molecule has 1 spiro atoms. The van der Waals surface area contributed by atoms with Crippen LogP contribution in [0.2, 0.25) is 0 Å². The van der Waals surface area contributed by atoms with Crippen LogP contribution in [0.5, 0.6) is 11.5 Å². The maximum absolute atomic E-state index is 10.1. The molecule has 1 aromatic rings. The minimum absolute atomic E-state index is 0.00178. The highest BCUT2D eigenvalue weighted by atomic mass is 16.5. The summed E-state index contributed by atoms with van der Waals surface area (Å²) in [7, 11) is 1.71. The second-order valence-corrected chi connectivity index (χ2v) is 6.91. The fraction of sp³-hybridized carbons (Fsp3) is 0.579. The molecule has 0 saturated carbocycles. The molecule has 2 aliphatic heterocycles. The van der Waals surface area contributed by atoms with Crippen LogP contribution in [0.15, 0.2) is 18.2 Å². The summed E-state index contributed by atoms with van der Waals surface area (Å²) in [6.45, 7) is 4.06. The lowest BCUT2D eigenvalue weighted by Crippen LogP contribution is -2.42. The zero-order valence-corrected chi connectivity index (χ0v) is 13.9. The minimum atomic E-state index is -0.416. The van der Waals surface area contributed by atoms with Gasteiger partial charge in [-0.3, -0.25) is 0 Å². The van der Waals surface area contributed by atoms with Gasteiger partial charge in [-0.2, -0.15) is 0 Å². The van der Waals surface area contributed by atoms with Crippen molar-refractivity contribution in [2.75, 3.05) is 13.7 Å². The lowest BCUT2D eigenvalue weighted by molar-refractivity contribution is 0.0851. The summed E-state index contributed by atoms with van der Waals surface area (Å²) in [6, 6.07) is 2.15. The first-order valence-electron chi connectivity index (χ1n) is 8.67. The summed E-state index contributed by atoms with van der Waals surface area (Å²) in [5, 5.41) is 13.6. The summed E-state index contributed by atoms with van der Waals surface area (Å²) >= 11 is 0. The summed E-state index contributed by atoms with van der Waals surface area (Å²) in [5.74, 6) is 1.74. The number of methoxy groups -OCH3 is 1. The van der Waals surface area contributed by atoms with Crippen LogP contribution in [-0.4, -0.2) is 31.0 Å². The van der Waals surface area contributed by atoms with E-state index in [-0.39, 0.29) is 11.5 Å². The lowest BCUT2D eigenvalue weighted by atomic mass is 9.68. The monoisotopic (exact) mass is 315 g/mol. The molecular formula is C19H25NO3. The summed E-state index contributed by atoms with van der Waals surface area (Å²) in [5.41, 5.74) is 3.92. The Bertz CT molecular complexity index is 655. The summed E-state index contributed by atoms with van der Waals surface area (Å²) in [4.78, 5) is 0. The predicted molar refractivity (Wildman–Crippen MR) is 89.2 cm³/mol. The molecule has 0 amide bonds. The highest BCUT2D eigenvalue weighted by Crippen LogP contribution is 2.56. The lowest BCUT2D eigenvalue weighted by Gasteiger charge is -2.35. The predicted octanol–water partition coefficient (Wildman–Crippen LogP) is 2.46. The van der Waals surface area contributed by atoms with Gasteiger partial charge in [-0.15, -0.1) is 0 Å². The molecule has 0 unspecified atom stereocenters. The Morgan fingerprint density at radius 1 is 1.48 bits per heavy atom. The van der Waals surface area contributed by atoms with Gasteiger partial charge >= 0.3 is 0 Å². The molecule has 3 atom stereocenters. The highest BCUT2D eigenvalue weighted by molar-refractivity contribution is 5.63. The van der Waals surface area contributed by atoms with Gasteiger partial charge in [-0.05, 0) is 36.6 Å². The van der Waals surface area contributed by atoms with Gasteiger partial charge in [-0.25, -0.2) is 0 Å². The van der Waals surface area contributed by atoms with E-state index < -0.39 is 6.10 Å². The van der Waals surface area contributed by atoms with E-state index in [9.17, 15) is 5.11 Å². The third-order valence-electron chi connectivity index (χ3n) is 5.57. The SMILES string of the molecule is CCCc1cc(OC)c2c3c1CNCC[C@]31C=C[C@H](O)C[C@@H]1O2. The van der Waals surface area contributed by atoms with Crippen molar-refractivity contribution in [3.8, 4) is 11.5 Å². The van der Waals surface area contributed by atoms with Gasteiger partial charge in [0.2, 0.25) is 0 Å². The zero-order chi connectivity index (χ0) is 16.0. The van der Waals surface area contributed by atoms with E-state index in [1.807, 2.05) is 6.08 Å². The topological polar surface area (TPSA) is 50.7 Å². The highest BCUT2D eigenvalue weighted by Gasteiger charge is 2.52. The number of aliphatic hydroxyl groups is 1. The average molecular weight is 315 g/mol. The normalized spacial score (nSPS) is 31.1. The Labute approximate surface area is 137 Å². The van der Waals surface area contributed by atoms with Crippen LogP contribution in [-0.2, 0) is 18.4 Å². The van der Waals surface area contributed by atoms with Gasteiger partial charge in [0.05, 0.1) is 18.6 Å². The van der Waals surface area contributed by atoms with Gasteiger partial charge in [0, 0.05) is 18.5 Å². The number of benzene rings is 1. The van der Waals surface area contributed by atoms with Crippen molar-refractivity contribution in [1.29, 1.82) is 0 Å². The quantitative estimate of drug-likeness (QED) is 0.841. The average Bonchev–Trinajstić information content (AvgIpc) is 2.74. The number of hydrogen-bond donors (Lipinski definition) is 2. The number of aryl methyl sites for hydroxylation is 1. The minimum Gasteiger partial charge on any atom is -0.493 e. The van der Waals surface area contributed by atoms with Crippen molar-refractivity contribution in [2.24, 2.45) is 0 Å². The van der Waals surface area contributed by atoms with E-state index in [0.717, 1.165) is 43.9 Å². The van der Waals surface area contributed by atoms with Crippen LogP contribution in [0.3, 0.4) is 0 Å². The molecule has 23 heavy (non-hydrogen) atoms. The number of aliphatic hydroxyl groups excluding tert-OH is 1. The van der Waals surface area contributed by atoms with Crippen molar-refractivity contribution in [3.63, 3.8) is 0 Å². The maximum Gasteiger partial charge on any atom is 0.166 e. The van der Waals surface area contributed by atoms with Crippen molar-refractivity contribution >= 4 is 0 Å². The van der Waals surface area contributed by atoms with E-state index in [0.29, 0.717) is 6.42 Å². The van der Waals surface area contributed by atoms with Gasteiger partial charge in [0.25, 0.3) is 0 Å². The van der Waals surface area contributed by atoms with Crippen molar-refractivity contribution in [1.82, 2.24) is 5.32 Å². The first-order valence-corrected chi connectivity index (χ1v) is 8.67. The van der Waals surface area contributed by atoms with Crippen LogP contribution in [0.4, 0.5) is 0 Å². The molecular weight excluding hydrogens is 290 g/mol. The second-order valence-electron chi connectivity index (χ2n) is 6.91. The van der Waals surface area contributed by atoms with Gasteiger partial charge in [0.15, 0.2) is 11.5 Å². The fourth-order valence-electron chi connectivity index (χ4n) is 4.50. The Hall–Kier alpha value is -1.52. The smallest absolute Gasteiger partial charge is 0.166 e. The first kappa shape index (κ1) is 15.0. The van der Waals surface area contributed by atoms with Crippen LogP contribution in [0.1, 0.15) is 42.9 Å². The van der Waals surface area contributed by atoms with Crippen LogP contribution in [0, 0.1) is 0 Å². The van der Waals surface area contributed by atoms with Gasteiger partial charge in [0.1, 0.15) is 6.10 Å². The van der Waals surface area contributed by atoms with Gasteiger partial charge in [-0.1, -0.05) is 25.5 Å². The first-order chi connectivity index (χ1) is 11.2. The Morgan fingerprint density at radius 2 is 2.35 bits per heavy atom. The molecule has 0 saturated heterocycles. The molecule has 4 heteroatoms. The van der Waals surface area contributed by atoms with Crippen molar-refractivity contribution < 1.29 is 14.6 Å². The van der Waals surface area contributed by atoms with E-state index in [4.69, 9.17) is 9.47 Å². The van der Waals surface area contributed by atoms with Crippen LogP contribution >= 0.6 is 0 Å². The molecule has 0 bridgehead atoms. The molecule has 4 nitrogen and oxygen atoms in total. The Kier molecular flexibility index (Phi) is 3.62. The third kappa shape index (κ3) is 2.12. The van der Waals surface area contributed by atoms with E-state index in [1.165, 1.54) is 16.7 Å². The van der Waals surface area contributed by atoms with Crippen LogP contribution < -0.4 is 14.8 Å². The molecule has 2 N–H and O–H groups in total.